The van der Waals surface area contributed by atoms with Crippen molar-refractivity contribution in [2.45, 2.75) is 77.4 Å². The Morgan fingerprint density at radius 3 is 2.17 bits per heavy atom. The zero-order chi connectivity index (χ0) is 26.7. The number of amides is 1. The summed E-state index contributed by atoms with van der Waals surface area (Å²) in [7, 11) is -1.92. The van der Waals surface area contributed by atoms with E-state index in [1.807, 2.05) is 12.1 Å². The fourth-order valence-corrected chi connectivity index (χ4v) is 15.6. The van der Waals surface area contributed by atoms with E-state index in [1.165, 1.54) is 36.5 Å². The molecule has 1 N–H and O–H groups in total. The summed E-state index contributed by atoms with van der Waals surface area (Å²) in [5.74, 6) is -1.42. The standard InChI is InChI=1S/C29H40FNO3Si2/c1-34-29(33)23-14-11-15-25(30)27(23)22-17-16-20(19-26(35(2,3)4)36(5,6)7)18-24(22)28(32)31-21-12-9-8-10-13-21/h11,14-19,21H,8-10,12-13H2,1-7H3,(H,31,32). The first-order valence-corrected chi connectivity index (χ1v) is 19.9. The van der Waals surface area contributed by atoms with Crippen LogP contribution in [0.25, 0.3) is 17.2 Å². The summed E-state index contributed by atoms with van der Waals surface area (Å²) in [5.41, 5.74) is 1.93. The molecule has 0 aliphatic heterocycles. The predicted octanol–water partition coefficient (Wildman–Crippen LogP) is 7.48. The Balaban J connectivity index is 2.20. The highest BCUT2D eigenvalue weighted by Crippen LogP contribution is 2.34. The van der Waals surface area contributed by atoms with Gasteiger partial charge in [0.25, 0.3) is 5.91 Å². The van der Waals surface area contributed by atoms with Gasteiger partial charge in [-0.15, -0.1) is 0 Å². The number of carbonyl (C=O) groups is 2. The summed E-state index contributed by atoms with van der Waals surface area (Å²) >= 11 is 0. The van der Waals surface area contributed by atoms with E-state index in [9.17, 15) is 9.59 Å². The fraction of sp³-hybridized carbons (Fsp3) is 0.448. The maximum atomic E-state index is 15.2. The van der Waals surface area contributed by atoms with E-state index in [1.54, 1.807) is 6.07 Å². The van der Waals surface area contributed by atoms with Crippen LogP contribution in [0.1, 0.15) is 58.4 Å². The third-order valence-electron chi connectivity index (χ3n) is 6.84. The summed E-state index contributed by atoms with van der Waals surface area (Å²) in [4.78, 5) is 27.7. The fourth-order valence-electron chi connectivity index (χ4n) is 5.37. The van der Waals surface area contributed by atoms with Crippen LogP contribution in [-0.4, -0.2) is 41.2 Å². The van der Waals surface area contributed by atoms with Crippen LogP contribution in [0, 0.1) is 5.82 Å². The quantitative estimate of drug-likeness (QED) is 0.301. The molecule has 7 heteroatoms. The van der Waals surface area contributed by atoms with Crippen molar-refractivity contribution in [1.82, 2.24) is 5.32 Å². The van der Waals surface area contributed by atoms with E-state index < -0.39 is 27.9 Å². The van der Waals surface area contributed by atoms with Gasteiger partial charge < -0.3 is 10.1 Å². The van der Waals surface area contributed by atoms with Crippen molar-refractivity contribution in [1.29, 1.82) is 0 Å². The lowest BCUT2D eigenvalue weighted by Gasteiger charge is -2.31. The Morgan fingerprint density at radius 2 is 1.58 bits per heavy atom. The first kappa shape index (κ1) is 28.1. The average Bonchev–Trinajstić information content (AvgIpc) is 2.81. The van der Waals surface area contributed by atoms with E-state index in [0.717, 1.165) is 31.2 Å². The van der Waals surface area contributed by atoms with Crippen molar-refractivity contribution in [3.63, 3.8) is 0 Å². The van der Waals surface area contributed by atoms with Gasteiger partial charge in [0.05, 0.1) is 28.8 Å². The lowest BCUT2D eigenvalue weighted by atomic mass is 9.91. The molecule has 0 unspecified atom stereocenters. The first-order chi connectivity index (χ1) is 16.8. The summed E-state index contributed by atoms with van der Waals surface area (Å²) in [6, 6.07) is 10.0. The van der Waals surface area contributed by atoms with E-state index >= 15 is 4.39 Å². The molecular formula is C29H40FNO3Si2. The average molecular weight is 526 g/mol. The zero-order valence-corrected chi connectivity index (χ0v) is 24.8. The molecule has 0 heterocycles. The number of carbonyl (C=O) groups excluding carboxylic acids is 2. The maximum absolute atomic E-state index is 15.2. The van der Waals surface area contributed by atoms with E-state index in [0.29, 0.717) is 11.1 Å². The molecule has 4 nitrogen and oxygen atoms in total. The molecule has 0 spiro atoms. The number of esters is 1. The Hall–Kier alpha value is -2.52. The molecule has 0 radical (unpaired) electrons. The van der Waals surface area contributed by atoms with Crippen LogP contribution in [0.15, 0.2) is 41.2 Å². The second-order valence-electron chi connectivity index (χ2n) is 11.8. The topological polar surface area (TPSA) is 55.4 Å². The molecule has 0 atom stereocenters. The van der Waals surface area contributed by atoms with Gasteiger partial charge in [-0.2, -0.15) is 0 Å². The monoisotopic (exact) mass is 525 g/mol. The third kappa shape index (κ3) is 6.62. The molecule has 0 saturated heterocycles. The molecule has 0 aromatic heterocycles. The second-order valence-corrected chi connectivity index (χ2v) is 22.4. The first-order valence-electron chi connectivity index (χ1n) is 12.9. The van der Waals surface area contributed by atoms with Crippen LogP contribution >= 0.6 is 0 Å². The number of hydrogen-bond acceptors (Lipinski definition) is 3. The van der Waals surface area contributed by atoms with Gasteiger partial charge in [-0.1, -0.05) is 87.6 Å². The molecule has 2 aromatic carbocycles. The van der Waals surface area contributed by atoms with Gasteiger partial charge in [0.1, 0.15) is 5.82 Å². The van der Waals surface area contributed by atoms with Crippen LogP contribution in [0.4, 0.5) is 4.39 Å². The van der Waals surface area contributed by atoms with Crippen molar-refractivity contribution < 1.29 is 18.7 Å². The number of hydrogen-bond donors (Lipinski definition) is 1. The Morgan fingerprint density at radius 1 is 0.944 bits per heavy atom. The molecule has 2 aromatic rings. The minimum atomic E-state index is -1.60. The number of halogens is 1. The zero-order valence-electron chi connectivity index (χ0n) is 22.8. The van der Waals surface area contributed by atoms with Crippen LogP contribution in [0.5, 0.6) is 0 Å². The Bertz CT molecular complexity index is 1140. The molecule has 1 saturated carbocycles. The Kier molecular flexibility index (Phi) is 8.77. The molecule has 3 rings (SSSR count). The summed E-state index contributed by atoms with van der Waals surface area (Å²) in [5, 5.41) is 3.19. The van der Waals surface area contributed by atoms with Crippen molar-refractivity contribution in [3.8, 4) is 11.1 Å². The molecule has 1 aliphatic rings. The normalized spacial score (nSPS) is 14.8. The minimum absolute atomic E-state index is 0.101. The summed E-state index contributed by atoms with van der Waals surface area (Å²) in [6.45, 7) is 14.1. The van der Waals surface area contributed by atoms with E-state index in [4.69, 9.17) is 4.74 Å². The van der Waals surface area contributed by atoms with Gasteiger partial charge in [-0.25, -0.2) is 9.18 Å². The number of benzene rings is 2. The van der Waals surface area contributed by atoms with Crippen LogP contribution < -0.4 is 5.32 Å². The summed E-state index contributed by atoms with van der Waals surface area (Å²) < 4.78 is 20.1. The van der Waals surface area contributed by atoms with Gasteiger partial charge in [-0.05, 0) is 42.2 Å². The lowest BCUT2D eigenvalue weighted by molar-refractivity contribution is 0.0601. The predicted molar refractivity (Wildman–Crippen MR) is 152 cm³/mol. The molecule has 0 bridgehead atoms. The highest BCUT2D eigenvalue weighted by molar-refractivity contribution is 7.05. The van der Waals surface area contributed by atoms with Gasteiger partial charge in [-0.3, -0.25) is 4.79 Å². The SMILES string of the molecule is COC(=O)c1cccc(F)c1-c1ccc(C=C([Si](C)(C)C)[Si](C)(C)C)cc1C(=O)NC1CCCCC1. The molecular weight excluding hydrogens is 485 g/mol. The van der Waals surface area contributed by atoms with Crippen LogP contribution in [-0.2, 0) is 4.74 Å². The molecule has 194 valence electrons. The highest BCUT2D eigenvalue weighted by Gasteiger charge is 2.31. The van der Waals surface area contributed by atoms with E-state index in [-0.39, 0.29) is 23.1 Å². The van der Waals surface area contributed by atoms with Gasteiger partial charge in [0.2, 0.25) is 0 Å². The third-order valence-corrected chi connectivity index (χ3v) is 14.9. The Labute approximate surface area is 217 Å². The van der Waals surface area contributed by atoms with Crippen LogP contribution in [0.3, 0.4) is 0 Å². The number of rotatable bonds is 7. The minimum Gasteiger partial charge on any atom is -0.465 e. The van der Waals surface area contributed by atoms with Gasteiger partial charge >= 0.3 is 5.97 Å². The van der Waals surface area contributed by atoms with Crippen molar-refractivity contribution in [2.75, 3.05) is 7.11 Å². The van der Waals surface area contributed by atoms with E-state index in [2.05, 4.69) is 50.7 Å². The molecule has 36 heavy (non-hydrogen) atoms. The summed E-state index contributed by atoms with van der Waals surface area (Å²) in [6.07, 6.45) is 7.52. The van der Waals surface area contributed by atoms with Crippen molar-refractivity contribution in [3.05, 3.63) is 63.7 Å². The molecule has 1 aliphatic carbocycles. The van der Waals surface area contributed by atoms with Crippen LogP contribution in [0.2, 0.25) is 39.3 Å². The van der Waals surface area contributed by atoms with Gasteiger partial charge in [0, 0.05) is 17.2 Å². The number of methoxy groups -OCH3 is 1. The molecule has 1 fully saturated rings. The number of nitrogens with one attached hydrogen (secondary N) is 1. The van der Waals surface area contributed by atoms with Gasteiger partial charge in [0.15, 0.2) is 0 Å². The maximum Gasteiger partial charge on any atom is 0.338 e. The molecule has 1 amide bonds. The smallest absolute Gasteiger partial charge is 0.338 e. The van der Waals surface area contributed by atoms with Crippen molar-refractivity contribution in [2.24, 2.45) is 0 Å². The second kappa shape index (κ2) is 11.3. The highest BCUT2D eigenvalue weighted by atomic mass is 28.4. The van der Waals surface area contributed by atoms with Crippen molar-refractivity contribution >= 4 is 34.1 Å². The lowest BCUT2D eigenvalue weighted by Crippen LogP contribution is -2.39. The largest absolute Gasteiger partial charge is 0.465 e. The number of ether oxygens (including phenoxy) is 1.